The van der Waals surface area contributed by atoms with Crippen LogP contribution < -0.4 is 16.5 Å². The van der Waals surface area contributed by atoms with E-state index in [2.05, 4.69) is 11.9 Å². The molecule has 4 heteroatoms. The molecule has 0 atom stereocenters. The normalized spacial score (nSPS) is 9.30. The van der Waals surface area contributed by atoms with Gasteiger partial charge in [-0.25, -0.2) is 0 Å². The maximum absolute atomic E-state index is 5.15. The fourth-order valence-corrected chi connectivity index (χ4v) is 0.514. The highest BCUT2D eigenvalue weighted by Crippen LogP contribution is 1.75. The Morgan fingerprint density at radius 1 is 1.40 bits per heavy atom. The van der Waals surface area contributed by atoms with E-state index in [0.717, 1.165) is 13.0 Å². The van der Waals surface area contributed by atoms with Gasteiger partial charge in [0, 0.05) is 6.61 Å². The molecule has 0 spiro atoms. The second-order valence-electron chi connectivity index (χ2n) is 1.99. The quantitative estimate of drug-likeness (QED) is 0.233. The van der Waals surface area contributed by atoms with E-state index in [1.165, 1.54) is 0 Å². The van der Waals surface area contributed by atoms with Gasteiger partial charge in [-0.05, 0) is 6.42 Å². The first-order valence-electron chi connectivity index (χ1n) is 3.47. The first-order chi connectivity index (χ1) is 4.77. The van der Waals surface area contributed by atoms with Gasteiger partial charge in [-0.1, -0.05) is 6.92 Å². The van der Waals surface area contributed by atoms with Crippen molar-refractivity contribution in [1.82, 2.24) is 0 Å². The summed E-state index contributed by atoms with van der Waals surface area (Å²) in [6, 6.07) is 0. The lowest BCUT2D eigenvalue weighted by Gasteiger charge is -1.96. The predicted octanol–water partition coefficient (Wildman–Crippen LogP) is -2.23. The number of guanidine groups is 1. The summed E-state index contributed by atoms with van der Waals surface area (Å²) < 4.78 is 5.15. The predicted molar refractivity (Wildman–Crippen MR) is 40.3 cm³/mol. The van der Waals surface area contributed by atoms with Crippen LogP contribution in [0.4, 0.5) is 0 Å². The molecule has 0 aliphatic heterocycles. The van der Waals surface area contributed by atoms with Gasteiger partial charge in [-0.3, -0.25) is 16.5 Å². The molecule has 60 valence electrons. The fourth-order valence-electron chi connectivity index (χ4n) is 0.514. The summed E-state index contributed by atoms with van der Waals surface area (Å²) >= 11 is 0. The molecule has 0 radical (unpaired) electrons. The van der Waals surface area contributed by atoms with Crippen molar-refractivity contribution in [3.8, 4) is 0 Å². The highest BCUT2D eigenvalue weighted by atomic mass is 16.5. The highest BCUT2D eigenvalue weighted by molar-refractivity contribution is 5.69. The Morgan fingerprint density at radius 2 is 2.10 bits per heavy atom. The molecule has 0 amide bonds. The van der Waals surface area contributed by atoms with E-state index in [0.29, 0.717) is 13.2 Å². The molecule has 0 aromatic heterocycles. The van der Waals surface area contributed by atoms with Gasteiger partial charge in [0.05, 0.1) is 13.2 Å². The summed E-state index contributed by atoms with van der Waals surface area (Å²) in [7, 11) is 0. The topological polar surface area (TPSA) is 75.2 Å². The number of hydrogen-bond donors (Lipinski definition) is 3. The lowest BCUT2D eigenvalue weighted by molar-refractivity contribution is -0.463. The molecule has 0 rings (SSSR count). The maximum atomic E-state index is 5.15. The first kappa shape index (κ1) is 9.23. The summed E-state index contributed by atoms with van der Waals surface area (Å²) in [6.07, 6.45) is 1.04. The molecule has 0 unspecified atom stereocenters. The molecular weight excluding hydrogens is 130 g/mol. The van der Waals surface area contributed by atoms with Crippen LogP contribution in [0.25, 0.3) is 0 Å². The second kappa shape index (κ2) is 6.35. The van der Waals surface area contributed by atoms with E-state index in [1.54, 1.807) is 0 Å². The molecule has 0 heterocycles. The van der Waals surface area contributed by atoms with E-state index in [9.17, 15) is 0 Å². The minimum absolute atomic E-state index is 0.250. The third-order valence-electron chi connectivity index (χ3n) is 0.924. The van der Waals surface area contributed by atoms with Crippen LogP contribution in [0.2, 0.25) is 0 Å². The summed E-state index contributed by atoms with van der Waals surface area (Å²) in [5.41, 5.74) is 10.3. The molecular formula is C6H16N3O+. The average Bonchev–Trinajstić information content (AvgIpc) is 1.87. The lowest BCUT2D eigenvalue weighted by atomic mass is 10.5. The smallest absolute Gasteiger partial charge is 0.338 e. The molecule has 0 bridgehead atoms. The van der Waals surface area contributed by atoms with Crippen molar-refractivity contribution in [2.45, 2.75) is 13.3 Å². The molecule has 0 aromatic carbocycles. The Balaban J connectivity index is 2.98. The first-order valence-corrected chi connectivity index (χ1v) is 3.47. The van der Waals surface area contributed by atoms with Crippen LogP contribution in [0.15, 0.2) is 0 Å². The Kier molecular flexibility index (Phi) is 5.86. The van der Waals surface area contributed by atoms with Gasteiger partial charge < -0.3 is 4.74 Å². The van der Waals surface area contributed by atoms with Crippen molar-refractivity contribution in [3.05, 3.63) is 0 Å². The zero-order valence-corrected chi connectivity index (χ0v) is 6.39. The van der Waals surface area contributed by atoms with Gasteiger partial charge in [0.1, 0.15) is 0 Å². The van der Waals surface area contributed by atoms with Crippen molar-refractivity contribution >= 4 is 5.96 Å². The molecule has 0 aromatic rings. The van der Waals surface area contributed by atoms with Crippen molar-refractivity contribution in [1.29, 1.82) is 0 Å². The molecule has 0 fully saturated rings. The minimum atomic E-state index is 0.250. The van der Waals surface area contributed by atoms with Crippen LogP contribution >= 0.6 is 0 Å². The van der Waals surface area contributed by atoms with E-state index >= 15 is 0 Å². The van der Waals surface area contributed by atoms with E-state index in [-0.39, 0.29) is 5.96 Å². The van der Waals surface area contributed by atoms with Crippen LogP contribution in [-0.4, -0.2) is 25.7 Å². The van der Waals surface area contributed by atoms with Gasteiger partial charge >= 0.3 is 5.96 Å². The number of nitrogens with one attached hydrogen (secondary N) is 1. The molecule has 0 saturated carbocycles. The van der Waals surface area contributed by atoms with Gasteiger partial charge in [-0.2, -0.15) is 0 Å². The van der Waals surface area contributed by atoms with E-state index < -0.39 is 0 Å². The molecule has 0 aliphatic carbocycles. The van der Waals surface area contributed by atoms with Crippen molar-refractivity contribution in [3.63, 3.8) is 0 Å². The second-order valence-corrected chi connectivity index (χ2v) is 1.99. The Hall–Kier alpha value is -0.770. The van der Waals surface area contributed by atoms with Crippen molar-refractivity contribution in [2.24, 2.45) is 11.5 Å². The molecule has 0 saturated heterocycles. The van der Waals surface area contributed by atoms with Crippen LogP contribution in [0, 0.1) is 0 Å². The lowest BCUT2D eigenvalue weighted by Crippen LogP contribution is -2.79. The van der Waals surface area contributed by atoms with Crippen molar-refractivity contribution < 1.29 is 9.73 Å². The van der Waals surface area contributed by atoms with Crippen LogP contribution in [0.1, 0.15) is 13.3 Å². The van der Waals surface area contributed by atoms with E-state index in [4.69, 9.17) is 16.2 Å². The zero-order valence-electron chi connectivity index (χ0n) is 6.39. The van der Waals surface area contributed by atoms with Gasteiger partial charge in [0.25, 0.3) is 0 Å². The third-order valence-corrected chi connectivity index (χ3v) is 0.924. The van der Waals surface area contributed by atoms with Gasteiger partial charge in [-0.15, -0.1) is 0 Å². The number of rotatable bonds is 5. The monoisotopic (exact) mass is 146 g/mol. The highest BCUT2D eigenvalue weighted by Gasteiger charge is 1.86. The molecule has 4 nitrogen and oxygen atoms in total. The van der Waals surface area contributed by atoms with Gasteiger partial charge in [0.15, 0.2) is 0 Å². The SMILES string of the molecule is CCCOCC[NH+]=C(N)N. The summed E-state index contributed by atoms with van der Waals surface area (Å²) in [5, 5.41) is 0. The Bertz CT molecular complexity index is 99.2. The van der Waals surface area contributed by atoms with E-state index in [1.807, 2.05) is 0 Å². The molecule has 5 N–H and O–H groups in total. The fraction of sp³-hybridized carbons (Fsp3) is 0.833. The van der Waals surface area contributed by atoms with Crippen LogP contribution in [0.5, 0.6) is 0 Å². The Labute approximate surface area is 61.3 Å². The largest absolute Gasteiger partial charge is 0.378 e. The average molecular weight is 146 g/mol. The molecule has 10 heavy (non-hydrogen) atoms. The van der Waals surface area contributed by atoms with Crippen molar-refractivity contribution in [2.75, 3.05) is 19.8 Å². The molecule has 0 aliphatic rings. The number of ether oxygens (including phenoxy) is 1. The summed E-state index contributed by atoms with van der Waals surface area (Å²) in [4.78, 5) is 2.75. The summed E-state index contributed by atoms with van der Waals surface area (Å²) in [6.45, 7) is 4.21. The third kappa shape index (κ3) is 7.23. The maximum Gasteiger partial charge on any atom is 0.338 e. The Morgan fingerprint density at radius 3 is 2.60 bits per heavy atom. The van der Waals surface area contributed by atoms with Crippen LogP contribution in [0.3, 0.4) is 0 Å². The minimum Gasteiger partial charge on any atom is -0.378 e. The number of nitrogens with two attached hydrogens (primary N) is 2. The summed E-state index contributed by atoms with van der Waals surface area (Å²) in [5.74, 6) is 0.250. The zero-order chi connectivity index (χ0) is 7.82. The van der Waals surface area contributed by atoms with Gasteiger partial charge in [0.2, 0.25) is 0 Å². The van der Waals surface area contributed by atoms with Crippen LogP contribution in [-0.2, 0) is 4.74 Å². The standard InChI is InChI=1S/C6H15N3O/c1-2-4-10-5-3-9-6(7)8/h2-5H2,1H3,(H4,7,8,9)/p+1. The number of hydrogen-bond acceptors (Lipinski definition) is 1.